The van der Waals surface area contributed by atoms with Crippen LogP contribution in [-0.2, 0) is 0 Å². The van der Waals surface area contributed by atoms with Crippen molar-refractivity contribution in [3.8, 4) is 67.3 Å². The van der Waals surface area contributed by atoms with Gasteiger partial charge in [0.05, 0.1) is 11.4 Å². The van der Waals surface area contributed by atoms with Gasteiger partial charge in [0.15, 0.2) is 5.82 Å². The molecule has 0 fully saturated rings. The van der Waals surface area contributed by atoms with Crippen LogP contribution in [0.4, 0.5) is 0 Å². The van der Waals surface area contributed by atoms with E-state index < -0.39 is 0 Å². The van der Waals surface area contributed by atoms with E-state index in [9.17, 15) is 0 Å². The molecule has 0 unspecified atom stereocenters. The van der Waals surface area contributed by atoms with Crippen molar-refractivity contribution >= 4 is 32.7 Å². The number of benzene rings is 8. The zero-order valence-corrected chi connectivity index (χ0v) is 28.8. The third-order valence-electron chi connectivity index (χ3n) is 10.1. The molecule has 0 radical (unpaired) electrons. The van der Waals surface area contributed by atoms with Crippen LogP contribution in [0.3, 0.4) is 0 Å². The number of nitrogens with zero attached hydrogens (tertiary/aromatic N) is 2. The highest BCUT2D eigenvalue weighted by atomic mass is 16.3. The summed E-state index contributed by atoms with van der Waals surface area (Å²) in [7, 11) is 0. The third kappa shape index (κ3) is 5.75. The Bertz CT molecular complexity index is 2950. The summed E-state index contributed by atoms with van der Waals surface area (Å²) in [5.41, 5.74) is 13.1. The van der Waals surface area contributed by atoms with Crippen molar-refractivity contribution in [3.63, 3.8) is 0 Å². The SMILES string of the molecule is c1ccc(-c2cccc(-c3cc(-c4cc(-c5ccc6ccccc6c5)nc(-c5ccccc5)n4)cc(-c4cccc5c4oc4ccccc45)c3)c2)cc1. The number of para-hydroxylation sites is 2. The van der Waals surface area contributed by atoms with Crippen LogP contribution in [0, 0.1) is 0 Å². The molecule has 3 nitrogen and oxygen atoms in total. The summed E-state index contributed by atoms with van der Waals surface area (Å²) in [6.07, 6.45) is 0. The van der Waals surface area contributed by atoms with E-state index in [0.29, 0.717) is 5.82 Å². The summed E-state index contributed by atoms with van der Waals surface area (Å²) in [5, 5.41) is 4.58. The number of aromatic nitrogens is 2. The van der Waals surface area contributed by atoms with Gasteiger partial charge in [0.2, 0.25) is 0 Å². The van der Waals surface area contributed by atoms with E-state index in [1.165, 1.54) is 21.9 Å². The molecule has 3 heteroatoms. The normalized spacial score (nSPS) is 11.4. The van der Waals surface area contributed by atoms with Gasteiger partial charge in [-0.05, 0) is 81.1 Å². The number of hydrogen-bond acceptors (Lipinski definition) is 3. The number of rotatable bonds is 6. The first-order valence-corrected chi connectivity index (χ1v) is 17.9. The predicted molar refractivity (Wildman–Crippen MR) is 219 cm³/mol. The molecular weight excluding hydrogens is 645 g/mol. The highest BCUT2D eigenvalue weighted by molar-refractivity contribution is 6.10. The molecule has 0 aliphatic carbocycles. The Balaban J connectivity index is 1.21. The second-order valence-electron chi connectivity index (χ2n) is 13.4. The minimum Gasteiger partial charge on any atom is -0.455 e. The van der Waals surface area contributed by atoms with Crippen LogP contribution in [0.15, 0.2) is 199 Å². The summed E-state index contributed by atoms with van der Waals surface area (Å²) < 4.78 is 6.57. The van der Waals surface area contributed by atoms with Crippen LogP contribution >= 0.6 is 0 Å². The Morgan fingerprint density at radius 2 is 0.906 bits per heavy atom. The molecule has 0 spiro atoms. The van der Waals surface area contributed by atoms with Gasteiger partial charge in [-0.25, -0.2) is 9.97 Å². The van der Waals surface area contributed by atoms with Gasteiger partial charge < -0.3 is 4.42 Å². The fourth-order valence-electron chi connectivity index (χ4n) is 7.39. The average Bonchev–Trinajstić information content (AvgIpc) is 3.63. The van der Waals surface area contributed by atoms with E-state index in [0.717, 1.165) is 72.3 Å². The lowest BCUT2D eigenvalue weighted by molar-refractivity contribution is 0.670. The van der Waals surface area contributed by atoms with Crippen LogP contribution < -0.4 is 0 Å². The molecule has 0 bridgehead atoms. The Kier molecular flexibility index (Phi) is 7.47. The summed E-state index contributed by atoms with van der Waals surface area (Å²) >= 11 is 0. The van der Waals surface area contributed by atoms with Gasteiger partial charge >= 0.3 is 0 Å². The van der Waals surface area contributed by atoms with Crippen molar-refractivity contribution in [1.29, 1.82) is 0 Å². The lowest BCUT2D eigenvalue weighted by atomic mass is 9.92. The average molecular weight is 677 g/mol. The second kappa shape index (κ2) is 12.9. The quantitative estimate of drug-likeness (QED) is 0.176. The fourth-order valence-corrected chi connectivity index (χ4v) is 7.39. The smallest absolute Gasteiger partial charge is 0.160 e. The van der Waals surface area contributed by atoms with Gasteiger partial charge in [-0.3, -0.25) is 0 Å². The highest BCUT2D eigenvalue weighted by Gasteiger charge is 2.17. The molecule has 0 aliphatic rings. The van der Waals surface area contributed by atoms with Gasteiger partial charge in [-0.2, -0.15) is 0 Å². The molecule has 8 aromatic carbocycles. The molecule has 10 aromatic rings. The Labute approximate surface area is 307 Å². The van der Waals surface area contributed by atoms with Gasteiger partial charge in [0.1, 0.15) is 11.2 Å². The first-order chi connectivity index (χ1) is 26.2. The van der Waals surface area contributed by atoms with Crippen LogP contribution in [0.1, 0.15) is 0 Å². The maximum absolute atomic E-state index is 6.57. The zero-order chi connectivity index (χ0) is 35.1. The molecule has 2 heterocycles. The highest BCUT2D eigenvalue weighted by Crippen LogP contribution is 2.40. The molecule has 10 rings (SSSR count). The summed E-state index contributed by atoms with van der Waals surface area (Å²) in [6.45, 7) is 0. The fraction of sp³-hybridized carbons (Fsp3) is 0. The Hall–Kier alpha value is -7.10. The van der Waals surface area contributed by atoms with Crippen LogP contribution in [0.25, 0.3) is 100.0 Å². The van der Waals surface area contributed by atoms with E-state index in [1.807, 2.05) is 30.3 Å². The van der Waals surface area contributed by atoms with Gasteiger partial charge in [-0.1, -0.05) is 152 Å². The predicted octanol–water partition coefficient (Wildman–Crippen LogP) is 13.5. The molecular formula is C50H32N2O. The second-order valence-corrected chi connectivity index (χ2v) is 13.4. The van der Waals surface area contributed by atoms with Crippen molar-refractivity contribution in [3.05, 3.63) is 194 Å². The molecule has 0 N–H and O–H groups in total. The standard InChI is InChI=1S/C50H32N2O/c1-3-13-33(14-4-1)37-19-11-20-38(27-37)40-29-41(43-22-12-23-45-44-21-9-10-24-48(44)53-49(43)45)31-42(30-40)47-32-46(51-50(52-47)35-16-5-2-6-17-35)39-26-25-34-15-7-8-18-36(34)28-39/h1-32H. The van der Waals surface area contributed by atoms with E-state index in [4.69, 9.17) is 14.4 Å². The zero-order valence-electron chi connectivity index (χ0n) is 28.8. The molecule has 0 amide bonds. The molecule has 248 valence electrons. The van der Waals surface area contributed by atoms with Gasteiger partial charge in [0, 0.05) is 33.0 Å². The maximum atomic E-state index is 6.57. The Morgan fingerprint density at radius 1 is 0.321 bits per heavy atom. The maximum Gasteiger partial charge on any atom is 0.160 e. The first kappa shape index (κ1) is 30.7. The van der Waals surface area contributed by atoms with Crippen LogP contribution in [0.5, 0.6) is 0 Å². The summed E-state index contributed by atoms with van der Waals surface area (Å²) in [4.78, 5) is 10.4. The van der Waals surface area contributed by atoms with Crippen molar-refractivity contribution in [2.24, 2.45) is 0 Å². The minimum absolute atomic E-state index is 0.684. The van der Waals surface area contributed by atoms with Gasteiger partial charge in [-0.15, -0.1) is 0 Å². The number of hydrogen-bond donors (Lipinski definition) is 0. The molecule has 2 aromatic heterocycles. The largest absolute Gasteiger partial charge is 0.455 e. The van der Waals surface area contributed by atoms with Crippen LogP contribution in [0.2, 0.25) is 0 Å². The monoisotopic (exact) mass is 676 g/mol. The van der Waals surface area contributed by atoms with Crippen molar-refractivity contribution < 1.29 is 4.42 Å². The summed E-state index contributed by atoms with van der Waals surface area (Å²) in [5.74, 6) is 0.684. The van der Waals surface area contributed by atoms with Crippen molar-refractivity contribution in [2.45, 2.75) is 0 Å². The first-order valence-electron chi connectivity index (χ1n) is 17.9. The van der Waals surface area contributed by atoms with E-state index in [2.05, 4.69) is 164 Å². The minimum atomic E-state index is 0.684. The Morgan fingerprint density at radius 3 is 1.74 bits per heavy atom. The molecule has 0 aliphatic heterocycles. The van der Waals surface area contributed by atoms with E-state index in [1.54, 1.807) is 0 Å². The van der Waals surface area contributed by atoms with Gasteiger partial charge in [0.25, 0.3) is 0 Å². The van der Waals surface area contributed by atoms with Crippen molar-refractivity contribution in [1.82, 2.24) is 9.97 Å². The van der Waals surface area contributed by atoms with Crippen LogP contribution in [-0.4, -0.2) is 9.97 Å². The molecule has 0 atom stereocenters. The lowest BCUT2D eigenvalue weighted by Crippen LogP contribution is -1.96. The third-order valence-corrected chi connectivity index (χ3v) is 10.1. The topological polar surface area (TPSA) is 38.9 Å². The number of furan rings is 1. The van der Waals surface area contributed by atoms with E-state index in [-0.39, 0.29) is 0 Å². The van der Waals surface area contributed by atoms with Crippen molar-refractivity contribution in [2.75, 3.05) is 0 Å². The lowest BCUT2D eigenvalue weighted by Gasteiger charge is -2.14. The molecule has 0 saturated carbocycles. The summed E-state index contributed by atoms with van der Waals surface area (Å²) in [6, 6.07) is 68.1. The van der Waals surface area contributed by atoms with E-state index >= 15 is 0 Å². The molecule has 53 heavy (non-hydrogen) atoms. The molecule has 0 saturated heterocycles. The number of fused-ring (bicyclic) bond motifs is 4.